The van der Waals surface area contributed by atoms with Gasteiger partial charge in [0.1, 0.15) is 5.84 Å². The first-order chi connectivity index (χ1) is 15.8. The van der Waals surface area contributed by atoms with Crippen LogP contribution in [0.1, 0.15) is 66.7 Å². The number of amidine groups is 1. The number of aromatic amines is 1. The molecule has 1 unspecified atom stereocenters. The number of hydrogen-bond acceptors (Lipinski definition) is 5. The van der Waals surface area contributed by atoms with E-state index in [1.165, 1.54) is 22.3 Å². The molecule has 0 bridgehead atoms. The van der Waals surface area contributed by atoms with Crippen molar-refractivity contribution in [1.29, 1.82) is 5.26 Å². The van der Waals surface area contributed by atoms with Crippen LogP contribution in [0.2, 0.25) is 0 Å². The predicted molar refractivity (Wildman–Crippen MR) is 144 cm³/mol. The smallest absolute Gasteiger partial charge is 0.207 e. The van der Waals surface area contributed by atoms with Crippen LogP contribution in [-0.4, -0.2) is 33.4 Å². The fraction of sp³-hybridized carbons (Fsp3) is 0.500. The van der Waals surface area contributed by atoms with Gasteiger partial charge < -0.3 is 16.0 Å². The normalized spacial score (nSPS) is 13.3. The third-order valence-electron chi connectivity index (χ3n) is 4.94. The lowest BCUT2D eigenvalue weighted by molar-refractivity contribution is 0.899. The Morgan fingerprint density at radius 2 is 1.88 bits per heavy atom. The van der Waals surface area contributed by atoms with Gasteiger partial charge >= 0.3 is 0 Å². The fourth-order valence-corrected chi connectivity index (χ4v) is 4.01. The number of nitrogens with two attached hydrogens (primary N) is 1. The molecule has 1 heterocycles. The first kappa shape index (κ1) is 28.3. The lowest BCUT2D eigenvalue weighted by Crippen LogP contribution is -2.38. The molecular formula is C26H40N6S. The van der Waals surface area contributed by atoms with Gasteiger partial charge in [-0.25, -0.2) is 4.98 Å². The summed E-state index contributed by atoms with van der Waals surface area (Å²) in [5.41, 5.74) is 11.6. The predicted octanol–water partition coefficient (Wildman–Crippen LogP) is 6.52. The van der Waals surface area contributed by atoms with Crippen LogP contribution < -0.4 is 11.1 Å². The zero-order valence-electron chi connectivity index (χ0n) is 20.8. The highest BCUT2D eigenvalue weighted by Gasteiger charge is 2.14. The summed E-state index contributed by atoms with van der Waals surface area (Å²) in [7, 11) is 0. The average molecular weight is 469 g/mol. The lowest BCUT2D eigenvalue weighted by Gasteiger charge is -2.16. The molecule has 6 nitrogen and oxygen atoms in total. The van der Waals surface area contributed by atoms with Gasteiger partial charge in [0.2, 0.25) is 12.1 Å². The maximum atomic E-state index is 8.86. The van der Waals surface area contributed by atoms with E-state index < -0.39 is 0 Å². The third kappa shape index (κ3) is 14.1. The van der Waals surface area contributed by atoms with Crippen LogP contribution in [0.25, 0.3) is 0 Å². The number of thioether (sulfide) groups is 1. The summed E-state index contributed by atoms with van der Waals surface area (Å²) in [5, 5.41) is 12.1. The maximum absolute atomic E-state index is 8.86. The fourth-order valence-electron chi connectivity index (χ4n) is 3.03. The van der Waals surface area contributed by atoms with E-state index in [0.717, 1.165) is 37.9 Å². The number of aliphatic imine (C=N–C) groups is 1. The van der Waals surface area contributed by atoms with E-state index in [0.29, 0.717) is 11.7 Å². The minimum Gasteiger partial charge on any atom is -0.385 e. The SMILES string of the molecule is CC(C)=CCCC(C)=CCCC(=CCSCC(Nc1ncc[nH]1)/C(N)=N/C#N)CC=C(C)C. The minimum atomic E-state index is -0.262. The van der Waals surface area contributed by atoms with E-state index in [2.05, 4.69) is 79.2 Å². The van der Waals surface area contributed by atoms with Crippen molar-refractivity contribution in [3.8, 4) is 6.19 Å². The molecule has 33 heavy (non-hydrogen) atoms. The van der Waals surface area contributed by atoms with E-state index in [4.69, 9.17) is 11.0 Å². The standard InChI is InChI=1S/C26H40N6S/c1-20(2)8-6-9-22(5)10-7-11-23(13-12-21(3)4)14-17-33-18-24(25(28)31-19-27)32-26-29-15-16-30-26/h8,10,12,14-16,24H,6-7,9,11,13,17-18H2,1-5H3,(H2,28,31)(H2,29,30,32). The molecule has 1 aromatic rings. The second kappa shape index (κ2) is 16.8. The number of nitrogens with one attached hydrogen (secondary N) is 2. The zero-order chi connectivity index (χ0) is 24.5. The summed E-state index contributed by atoms with van der Waals surface area (Å²) in [6.07, 6.45) is 19.8. The molecule has 0 fully saturated rings. The van der Waals surface area contributed by atoms with Crippen molar-refractivity contribution < 1.29 is 0 Å². The van der Waals surface area contributed by atoms with Crippen molar-refractivity contribution in [3.05, 3.63) is 59.0 Å². The van der Waals surface area contributed by atoms with Crippen molar-refractivity contribution in [1.82, 2.24) is 9.97 Å². The molecule has 1 aromatic heterocycles. The lowest BCUT2D eigenvalue weighted by atomic mass is 10.0. The van der Waals surface area contributed by atoms with Crippen molar-refractivity contribution >= 4 is 23.5 Å². The van der Waals surface area contributed by atoms with Gasteiger partial charge in [-0.3, -0.25) is 0 Å². The first-order valence-electron chi connectivity index (χ1n) is 11.5. The van der Waals surface area contributed by atoms with Crippen LogP contribution in [-0.2, 0) is 0 Å². The van der Waals surface area contributed by atoms with Crippen molar-refractivity contribution in [2.45, 2.75) is 72.8 Å². The number of H-pyrrole nitrogens is 1. The van der Waals surface area contributed by atoms with E-state index in [-0.39, 0.29) is 11.9 Å². The summed E-state index contributed by atoms with van der Waals surface area (Å²) in [5.74, 6) is 2.45. The number of aromatic nitrogens is 2. The molecule has 0 amide bonds. The van der Waals surface area contributed by atoms with Gasteiger partial charge in [-0.1, -0.05) is 46.6 Å². The van der Waals surface area contributed by atoms with Crippen LogP contribution in [0, 0.1) is 11.5 Å². The monoisotopic (exact) mass is 468 g/mol. The van der Waals surface area contributed by atoms with Gasteiger partial charge in [0, 0.05) is 23.9 Å². The Kier molecular flexibility index (Phi) is 14.5. The van der Waals surface area contributed by atoms with Gasteiger partial charge in [0.05, 0.1) is 6.04 Å². The number of nitriles is 1. The van der Waals surface area contributed by atoms with E-state index in [1.807, 2.05) is 0 Å². The van der Waals surface area contributed by atoms with Gasteiger partial charge in [0.15, 0.2) is 0 Å². The Morgan fingerprint density at radius 3 is 2.52 bits per heavy atom. The highest BCUT2D eigenvalue weighted by atomic mass is 32.2. The molecular weight excluding hydrogens is 428 g/mol. The van der Waals surface area contributed by atoms with Crippen LogP contribution >= 0.6 is 11.8 Å². The molecule has 0 aromatic carbocycles. The van der Waals surface area contributed by atoms with Crippen LogP contribution in [0.15, 0.2) is 64.0 Å². The molecule has 180 valence electrons. The Hall–Kier alpha value is -2.72. The molecule has 1 atom stereocenters. The van der Waals surface area contributed by atoms with Crippen molar-refractivity contribution in [2.24, 2.45) is 10.7 Å². The van der Waals surface area contributed by atoms with Crippen molar-refractivity contribution in [3.63, 3.8) is 0 Å². The summed E-state index contributed by atoms with van der Waals surface area (Å²) in [6.45, 7) is 10.8. The zero-order valence-corrected chi connectivity index (χ0v) is 21.6. The second-order valence-corrected chi connectivity index (χ2v) is 9.64. The molecule has 0 aliphatic rings. The molecule has 0 radical (unpaired) electrons. The second-order valence-electron chi connectivity index (χ2n) is 8.57. The van der Waals surface area contributed by atoms with Crippen LogP contribution in [0.5, 0.6) is 0 Å². The minimum absolute atomic E-state index is 0.262. The van der Waals surface area contributed by atoms with Crippen LogP contribution in [0.3, 0.4) is 0 Å². The first-order valence-corrected chi connectivity index (χ1v) is 12.6. The number of rotatable bonds is 15. The molecule has 0 saturated carbocycles. The Labute approximate surface area is 204 Å². The van der Waals surface area contributed by atoms with E-state index in [9.17, 15) is 0 Å². The van der Waals surface area contributed by atoms with Gasteiger partial charge in [-0.05, 0) is 66.7 Å². The van der Waals surface area contributed by atoms with E-state index >= 15 is 0 Å². The number of nitrogens with zero attached hydrogens (tertiary/aromatic N) is 3. The number of anilines is 1. The Balaban J connectivity index is 2.65. The molecule has 4 N–H and O–H groups in total. The van der Waals surface area contributed by atoms with Crippen molar-refractivity contribution in [2.75, 3.05) is 16.8 Å². The number of allylic oxidation sites excluding steroid dienone is 7. The summed E-state index contributed by atoms with van der Waals surface area (Å²) < 4.78 is 0. The largest absolute Gasteiger partial charge is 0.385 e. The molecule has 0 spiro atoms. The summed E-state index contributed by atoms with van der Waals surface area (Å²) in [6, 6.07) is -0.262. The summed E-state index contributed by atoms with van der Waals surface area (Å²) in [4.78, 5) is 10.9. The van der Waals surface area contributed by atoms with Gasteiger partial charge in [0.25, 0.3) is 0 Å². The van der Waals surface area contributed by atoms with E-state index in [1.54, 1.807) is 30.3 Å². The number of hydrogen-bond donors (Lipinski definition) is 3. The Bertz CT molecular complexity index is 876. The summed E-state index contributed by atoms with van der Waals surface area (Å²) >= 11 is 1.76. The molecule has 1 rings (SSSR count). The third-order valence-corrected chi connectivity index (χ3v) is 5.91. The maximum Gasteiger partial charge on any atom is 0.207 e. The quantitative estimate of drug-likeness (QED) is 0.0894. The van der Waals surface area contributed by atoms with Gasteiger partial charge in [-0.2, -0.15) is 22.0 Å². The van der Waals surface area contributed by atoms with Crippen LogP contribution in [0.4, 0.5) is 5.95 Å². The highest BCUT2D eigenvalue weighted by Crippen LogP contribution is 2.17. The number of imidazole rings is 1. The molecule has 0 saturated heterocycles. The van der Waals surface area contributed by atoms with Gasteiger partial charge in [-0.15, -0.1) is 0 Å². The highest BCUT2D eigenvalue weighted by molar-refractivity contribution is 7.99. The average Bonchev–Trinajstić information content (AvgIpc) is 3.26. The molecule has 0 aliphatic heterocycles. The topological polar surface area (TPSA) is 103 Å². The Morgan fingerprint density at radius 1 is 1.15 bits per heavy atom. The molecule has 0 aliphatic carbocycles. The molecule has 7 heteroatoms.